The van der Waals surface area contributed by atoms with Crippen LogP contribution in [0.25, 0.3) is 0 Å². The summed E-state index contributed by atoms with van der Waals surface area (Å²) in [6, 6.07) is 2.59. The first-order valence-electron chi connectivity index (χ1n) is 8.15. The molecule has 0 aromatic heterocycles. The van der Waals surface area contributed by atoms with Gasteiger partial charge in [0, 0.05) is 0 Å². The van der Waals surface area contributed by atoms with Gasteiger partial charge < -0.3 is 17.6 Å². The number of rotatable bonds is 8. The van der Waals surface area contributed by atoms with Crippen LogP contribution in [0.15, 0.2) is 0 Å². The van der Waals surface area contributed by atoms with Crippen molar-refractivity contribution in [1.82, 2.24) is 17.6 Å². The summed E-state index contributed by atoms with van der Waals surface area (Å²) in [6.07, 6.45) is 0. The molecule has 0 saturated carbocycles. The number of hydrogen-bond acceptors (Lipinski definition) is 4. The largest absolute Gasteiger partial charge is 0.332 e. The molecule has 0 aliphatic carbocycles. The standard InChI is InChI=1S/C14H40N4Si3/c1-13-21(14-2,17(7)8)18(19(9,10)15(3)4)20(11,12)16(5)6/h13-14H2,1-12H3. The molecule has 4 nitrogen and oxygen atoms in total. The summed E-state index contributed by atoms with van der Waals surface area (Å²) in [5.74, 6) is 0. The van der Waals surface area contributed by atoms with Gasteiger partial charge in [-0.05, 0) is 80.6 Å². The quantitative estimate of drug-likeness (QED) is 0.625. The Labute approximate surface area is 137 Å². The van der Waals surface area contributed by atoms with Crippen LogP contribution in [0.5, 0.6) is 0 Å². The first-order chi connectivity index (χ1) is 9.32. The Morgan fingerprint density at radius 2 is 0.857 bits per heavy atom. The minimum atomic E-state index is -1.64. The molecule has 0 rings (SSSR count). The van der Waals surface area contributed by atoms with Gasteiger partial charge in [0.2, 0.25) is 0 Å². The molecule has 0 heterocycles. The lowest BCUT2D eigenvalue weighted by Gasteiger charge is -2.61. The second kappa shape index (κ2) is 7.37. The van der Waals surface area contributed by atoms with Crippen molar-refractivity contribution >= 4 is 25.2 Å². The summed E-state index contributed by atoms with van der Waals surface area (Å²) in [7, 11) is 8.81. The number of nitrogens with zero attached hydrogens (tertiary/aromatic N) is 4. The van der Waals surface area contributed by atoms with Gasteiger partial charge in [-0.2, -0.15) is 0 Å². The fourth-order valence-electron chi connectivity index (χ4n) is 3.49. The van der Waals surface area contributed by atoms with Crippen molar-refractivity contribution < 1.29 is 0 Å². The average molecular weight is 349 g/mol. The first kappa shape index (κ1) is 21.5. The Bertz CT molecular complexity index is 306. The van der Waals surface area contributed by atoms with Gasteiger partial charge in [-0.15, -0.1) is 0 Å². The summed E-state index contributed by atoms with van der Waals surface area (Å²) in [5.41, 5.74) is 0. The molecule has 0 fully saturated rings. The topological polar surface area (TPSA) is 13.0 Å². The van der Waals surface area contributed by atoms with E-state index in [4.69, 9.17) is 0 Å². The minimum absolute atomic E-state index is 1.30. The second-order valence-electron chi connectivity index (χ2n) is 7.70. The van der Waals surface area contributed by atoms with Gasteiger partial charge in [0.1, 0.15) is 0 Å². The molecule has 0 aliphatic rings. The van der Waals surface area contributed by atoms with Crippen molar-refractivity contribution in [2.45, 2.75) is 52.1 Å². The molecule has 0 aromatic rings. The fraction of sp³-hybridized carbons (Fsp3) is 1.00. The van der Waals surface area contributed by atoms with E-state index < -0.39 is 25.2 Å². The van der Waals surface area contributed by atoms with Gasteiger partial charge in [0.15, 0.2) is 25.2 Å². The van der Waals surface area contributed by atoms with E-state index in [9.17, 15) is 0 Å². The van der Waals surface area contributed by atoms with Crippen molar-refractivity contribution in [3.8, 4) is 0 Å². The maximum absolute atomic E-state index is 3.09. The Balaban J connectivity index is 6.30. The van der Waals surface area contributed by atoms with E-state index in [0.717, 1.165) is 0 Å². The van der Waals surface area contributed by atoms with Crippen molar-refractivity contribution in [2.24, 2.45) is 0 Å². The summed E-state index contributed by atoms with van der Waals surface area (Å²) >= 11 is 0. The summed E-state index contributed by atoms with van der Waals surface area (Å²) < 4.78 is 10.8. The molecule has 0 saturated heterocycles. The van der Waals surface area contributed by atoms with Crippen LogP contribution in [0, 0.1) is 0 Å². The molecule has 0 unspecified atom stereocenters. The van der Waals surface area contributed by atoms with E-state index in [1.54, 1.807) is 0 Å². The van der Waals surface area contributed by atoms with Crippen molar-refractivity contribution in [1.29, 1.82) is 0 Å². The zero-order chi connectivity index (χ0) is 17.2. The molecule has 0 amide bonds. The molecule has 7 heteroatoms. The zero-order valence-electron chi connectivity index (χ0n) is 16.7. The summed E-state index contributed by atoms with van der Waals surface area (Å²) in [6.45, 7) is 14.9. The molecule has 21 heavy (non-hydrogen) atoms. The summed E-state index contributed by atoms with van der Waals surface area (Å²) in [5, 5.41) is 0. The minimum Gasteiger partial charge on any atom is -0.332 e. The Kier molecular flexibility index (Phi) is 7.55. The van der Waals surface area contributed by atoms with E-state index >= 15 is 0 Å². The van der Waals surface area contributed by atoms with Gasteiger partial charge in [-0.25, -0.2) is 0 Å². The van der Waals surface area contributed by atoms with Gasteiger partial charge in [0.25, 0.3) is 0 Å². The van der Waals surface area contributed by atoms with Crippen molar-refractivity contribution in [2.75, 3.05) is 42.3 Å². The van der Waals surface area contributed by atoms with Crippen molar-refractivity contribution in [3.63, 3.8) is 0 Å². The SMILES string of the molecule is CC[Si](CC)(N(C)C)N([Si](C)(C)N(C)C)[Si](C)(C)N(C)C. The van der Waals surface area contributed by atoms with Gasteiger partial charge in [0.05, 0.1) is 0 Å². The summed E-state index contributed by atoms with van der Waals surface area (Å²) in [4.78, 5) is 0. The van der Waals surface area contributed by atoms with Gasteiger partial charge >= 0.3 is 0 Å². The monoisotopic (exact) mass is 348 g/mol. The maximum atomic E-state index is 3.09. The first-order valence-corrected chi connectivity index (χ1v) is 16.2. The molecular formula is C14H40N4Si3. The molecule has 128 valence electrons. The van der Waals surface area contributed by atoms with Crippen molar-refractivity contribution in [3.05, 3.63) is 0 Å². The van der Waals surface area contributed by atoms with Gasteiger partial charge in [-0.1, -0.05) is 13.8 Å². The second-order valence-corrected chi connectivity index (χ2v) is 22.4. The van der Waals surface area contributed by atoms with Crippen LogP contribution >= 0.6 is 0 Å². The third-order valence-corrected chi connectivity index (χ3v) is 26.1. The molecule has 0 aromatic carbocycles. The van der Waals surface area contributed by atoms with Crippen LogP contribution < -0.4 is 0 Å². The molecule has 0 radical (unpaired) electrons. The smallest absolute Gasteiger partial charge is 0.194 e. The number of hydrogen-bond donors (Lipinski definition) is 0. The third-order valence-electron chi connectivity index (χ3n) is 5.66. The highest BCUT2D eigenvalue weighted by molar-refractivity contribution is 7.02. The molecule has 0 spiro atoms. The highest BCUT2D eigenvalue weighted by atomic mass is 28.5. The fourth-order valence-corrected chi connectivity index (χ4v) is 26.1. The van der Waals surface area contributed by atoms with Crippen LogP contribution in [0.3, 0.4) is 0 Å². The third kappa shape index (κ3) is 3.88. The normalized spacial score (nSPS) is 14.9. The predicted octanol–water partition coefficient (Wildman–Crippen LogP) is 2.86. The van der Waals surface area contributed by atoms with E-state index in [1.165, 1.54) is 12.1 Å². The lowest BCUT2D eigenvalue weighted by atomic mass is 10.9. The average Bonchev–Trinajstić information content (AvgIpc) is 2.34. The van der Waals surface area contributed by atoms with E-state index in [-0.39, 0.29) is 0 Å². The van der Waals surface area contributed by atoms with Crippen LogP contribution in [-0.4, -0.2) is 85.1 Å². The molecule has 0 aliphatic heterocycles. The Morgan fingerprint density at radius 3 is 1.00 bits per heavy atom. The van der Waals surface area contributed by atoms with Gasteiger partial charge in [-0.3, -0.25) is 0 Å². The molecular weight excluding hydrogens is 308 g/mol. The zero-order valence-corrected chi connectivity index (χ0v) is 19.7. The Morgan fingerprint density at radius 1 is 0.571 bits per heavy atom. The van der Waals surface area contributed by atoms with E-state index in [1.807, 2.05) is 0 Å². The Hall–Kier alpha value is 0.491. The van der Waals surface area contributed by atoms with Crippen LogP contribution in [0.2, 0.25) is 38.3 Å². The predicted molar refractivity (Wildman–Crippen MR) is 105 cm³/mol. The molecule has 0 N–H and O–H groups in total. The van der Waals surface area contributed by atoms with E-state index in [2.05, 4.69) is 99.9 Å². The molecule has 0 bridgehead atoms. The highest BCUT2D eigenvalue weighted by Crippen LogP contribution is 2.34. The lowest BCUT2D eigenvalue weighted by Crippen LogP contribution is -2.83. The van der Waals surface area contributed by atoms with Crippen LogP contribution in [0.4, 0.5) is 0 Å². The molecule has 0 atom stereocenters. The maximum Gasteiger partial charge on any atom is 0.194 e. The highest BCUT2D eigenvalue weighted by Gasteiger charge is 2.55. The van der Waals surface area contributed by atoms with Crippen LogP contribution in [-0.2, 0) is 0 Å². The van der Waals surface area contributed by atoms with E-state index in [0.29, 0.717) is 0 Å². The lowest BCUT2D eigenvalue weighted by molar-refractivity contribution is 0.479. The van der Waals surface area contributed by atoms with Crippen LogP contribution in [0.1, 0.15) is 13.8 Å².